The summed E-state index contributed by atoms with van der Waals surface area (Å²) in [7, 11) is 0. The van der Waals surface area contributed by atoms with E-state index in [1.54, 1.807) is 12.4 Å². The number of hydrogen-bond acceptors (Lipinski definition) is 5. The average molecular weight is 237 g/mol. The van der Waals surface area contributed by atoms with Gasteiger partial charge in [-0.25, -0.2) is 9.97 Å². The van der Waals surface area contributed by atoms with Crippen molar-refractivity contribution < 1.29 is 9.84 Å². The van der Waals surface area contributed by atoms with E-state index in [1.807, 2.05) is 4.90 Å². The second-order valence-corrected chi connectivity index (χ2v) is 4.81. The first-order valence-corrected chi connectivity index (χ1v) is 6.03. The third kappa shape index (κ3) is 3.30. The Morgan fingerprint density at radius 1 is 1.41 bits per heavy atom. The molecular formula is C12H19N3O2. The van der Waals surface area contributed by atoms with Crippen molar-refractivity contribution in [2.24, 2.45) is 5.92 Å². The summed E-state index contributed by atoms with van der Waals surface area (Å²) in [5, 5.41) is 9.18. The lowest BCUT2D eigenvalue weighted by molar-refractivity contribution is 0.140. The van der Waals surface area contributed by atoms with E-state index in [4.69, 9.17) is 4.74 Å². The average Bonchev–Trinajstić information content (AvgIpc) is 2.26. The molecule has 1 fully saturated rings. The van der Waals surface area contributed by atoms with Gasteiger partial charge in [0.15, 0.2) is 5.75 Å². The molecule has 0 amide bonds. The minimum atomic E-state index is -0.236. The molecule has 1 aromatic rings. The van der Waals surface area contributed by atoms with Crippen molar-refractivity contribution in [3.8, 4) is 5.75 Å². The zero-order chi connectivity index (χ0) is 12.3. The molecule has 2 heterocycles. The van der Waals surface area contributed by atoms with Crippen molar-refractivity contribution in [1.29, 1.82) is 0 Å². The van der Waals surface area contributed by atoms with Crippen molar-refractivity contribution in [3.05, 3.63) is 12.4 Å². The number of ether oxygens (including phenoxy) is 1. The molecule has 17 heavy (non-hydrogen) atoms. The largest absolute Gasteiger partial charge is 0.490 e. The summed E-state index contributed by atoms with van der Waals surface area (Å²) in [5.41, 5.74) is 0. The van der Waals surface area contributed by atoms with Gasteiger partial charge < -0.3 is 14.7 Å². The summed E-state index contributed by atoms with van der Waals surface area (Å²) < 4.78 is 5.53. The predicted molar refractivity (Wildman–Crippen MR) is 65.2 cm³/mol. The number of anilines is 1. The van der Waals surface area contributed by atoms with Gasteiger partial charge in [-0.15, -0.1) is 0 Å². The highest BCUT2D eigenvalue weighted by molar-refractivity contribution is 5.35. The van der Waals surface area contributed by atoms with E-state index in [-0.39, 0.29) is 6.10 Å². The standard InChI is InChI=1S/C12H19N3O2/c1-9(2)3-4-17-11-5-13-12(14-6-11)15-7-10(16)8-15/h5-6,9-10,16H,3-4,7-8H2,1-2H3. The summed E-state index contributed by atoms with van der Waals surface area (Å²) >= 11 is 0. The highest BCUT2D eigenvalue weighted by Gasteiger charge is 2.26. The van der Waals surface area contributed by atoms with Gasteiger partial charge in [-0.3, -0.25) is 0 Å². The van der Waals surface area contributed by atoms with Gasteiger partial charge in [0.2, 0.25) is 5.95 Å². The Kier molecular flexibility index (Phi) is 3.78. The number of aliphatic hydroxyl groups excluding tert-OH is 1. The van der Waals surface area contributed by atoms with E-state index in [0.717, 1.165) is 6.42 Å². The summed E-state index contributed by atoms with van der Waals surface area (Å²) in [4.78, 5) is 10.4. The van der Waals surface area contributed by atoms with E-state index in [1.165, 1.54) is 0 Å². The van der Waals surface area contributed by atoms with Crippen LogP contribution >= 0.6 is 0 Å². The van der Waals surface area contributed by atoms with Crippen LogP contribution in [0.15, 0.2) is 12.4 Å². The second-order valence-electron chi connectivity index (χ2n) is 4.81. The van der Waals surface area contributed by atoms with Gasteiger partial charge >= 0.3 is 0 Å². The normalized spacial score (nSPS) is 16.1. The Morgan fingerprint density at radius 3 is 2.59 bits per heavy atom. The molecule has 0 spiro atoms. The molecule has 0 unspecified atom stereocenters. The lowest BCUT2D eigenvalue weighted by atomic mass is 10.1. The fourth-order valence-corrected chi connectivity index (χ4v) is 1.58. The topological polar surface area (TPSA) is 58.5 Å². The van der Waals surface area contributed by atoms with E-state index < -0.39 is 0 Å². The van der Waals surface area contributed by atoms with Crippen molar-refractivity contribution >= 4 is 5.95 Å². The van der Waals surface area contributed by atoms with Gasteiger partial charge in [-0.2, -0.15) is 0 Å². The van der Waals surface area contributed by atoms with Crippen molar-refractivity contribution in [2.75, 3.05) is 24.6 Å². The molecular weight excluding hydrogens is 218 g/mol. The quantitative estimate of drug-likeness (QED) is 0.830. The van der Waals surface area contributed by atoms with Crippen LogP contribution in [0, 0.1) is 5.92 Å². The van der Waals surface area contributed by atoms with Gasteiger partial charge in [0.1, 0.15) is 0 Å². The molecule has 1 N–H and O–H groups in total. The van der Waals surface area contributed by atoms with Gasteiger partial charge in [-0.05, 0) is 12.3 Å². The number of β-amino-alcohol motifs (C(OH)–C–C–N with tert-alkyl or cyclic N) is 1. The number of rotatable bonds is 5. The molecule has 94 valence electrons. The molecule has 0 aromatic carbocycles. The summed E-state index contributed by atoms with van der Waals surface area (Å²) in [6.07, 6.45) is 4.17. The fraction of sp³-hybridized carbons (Fsp3) is 0.667. The molecule has 1 aromatic heterocycles. The van der Waals surface area contributed by atoms with E-state index in [9.17, 15) is 5.11 Å². The van der Waals surface area contributed by atoms with Gasteiger partial charge in [0.05, 0.1) is 25.1 Å². The molecule has 0 radical (unpaired) electrons. The minimum Gasteiger partial charge on any atom is -0.490 e. The smallest absolute Gasteiger partial charge is 0.225 e. The van der Waals surface area contributed by atoms with Crippen LogP contribution in [0.1, 0.15) is 20.3 Å². The Balaban J connectivity index is 1.81. The molecule has 0 bridgehead atoms. The number of aliphatic hydroxyl groups is 1. The van der Waals surface area contributed by atoms with Gasteiger partial charge in [0, 0.05) is 13.1 Å². The monoisotopic (exact) mass is 237 g/mol. The number of aromatic nitrogens is 2. The zero-order valence-electron chi connectivity index (χ0n) is 10.3. The third-order valence-corrected chi connectivity index (χ3v) is 2.72. The van der Waals surface area contributed by atoms with Crippen LogP contribution in [0.2, 0.25) is 0 Å². The highest BCUT2D eigenvalue weighted by Crippen LogP contribution is 2.17. The van der Waals surface area contributed by atoms with Crippen LogP contribution in [0.25, 0.3) is 0 Å². The van der Waals surface area contributed by atoms with Crippen LogP contribution in [0.4, 0.5) is 5.95 Å². The lowest BCUT2D eigenvalue weighted by Gasteiger charge is -2.35. The Morgan fingerprint density at radius 2 is 2.06 bits per heavy atom. The van der Waals surface area contributed by atoms with E-state index in [2.05, 4.69) is 23.8 Å². The van der Waals surface area contributed by atoms with E-state index >= 15 is 0 Å². The fourth-order valence-electron chi connectivity index (χ4n) is 1.58. The van der Waals surface area contributed by atoms with E-state index in [0.29, 0.717) is 37.3 Å². The van der Waals surface area contributed by atoms with Crippen LogP contribution < -0.4 is 9.64 Å². The number of hydrogen-bond donors (Lipinski definition) is 1. The van der Waals surface area contributed by atoms with Crippen LogP contribution in [0.5, 0.6) is 5.75 Å². The molecule has 1 saturated heterocycles. The molecule has 5 nitrogen and oxygen atoms in total. The maximum Gasteiger partial charge on any atom is 0.225 e. The summed E-state index contributed by atoms with van der Waals surface area (Å²) in [5.74, 6) is 2.00. The van der Waals surface area contributed by atoms with Crippen LogP contribution in [-0.2, 0) is 0 Å². The first kappa shape index (κ1) is 12.1. The van der Waals surface area contributed by atoms with Crippen LogP contribution in [-0.4, -0.2) is 40.9 Å². The first-order valence-electron chi connectivity index (χ1n) is 6.03. The third-order valence-electron chi connectivity index (χ3n) is 2.72. The lowest BCUT2D eigenvalue weighted by Crippen LogP contribution is -2.51. The SMILES string of the molecule is CC(C)CCOc1cnc(N2CC(O)C2)nc1. The molecule has 5 heteroatoms. The van der Waals surface area contributed by atoms with Crippen LogP contribution in [0.3, 0.4) is 0 Å². The molecule has 1 aliphatic rings. The highest BCUT2D eigenvalue weighted by atomic mass is 16.5. The molecule has 2 rings (SSSR count). The summed E-state index contributed by atoms with van der Waals surface area (Å²) in [6, 6.07) is 0. The second kappa shape index (κ2) is 5.31. The predicted octanol–water partition coefficient (Wildman–Crippen LogP) is 1.08. The maximum absolute atomic E-state index is 9.18. The number of nitrogens with zero attached hydrogens (tertiary/aromatic N) is 3. The first-order chi connectivity index (χ1) is 8.15. The molecule has 1 aliphatic heterocycles. The molecule has 0 saturated carbocycles. The zero-order valence-corrected chi connectivity index (χ0v) is 10.3. The van der Waals surface area contributed by atoms with Crippen molar-refractivity contribution in [1.82, 2.24) is 9.97 Å². The maximum atomic E-state index is 9.18. The Bertz CT molecular complexity index is 347. The Hall–Kier alpha value is -1.36. The van der Waals surface area contributed by atoms with Gasteiger partial charge in [-0.1, -0.05) is 13.8 Å². The molecule has 0 atom stereocenters. The van der Waals surface area contributed by atoms with Gasteiger partial charge in [0.25, 0.3) is 0 Å². The van der Waals surface area contributed by atoms with Crippen molar-refractivity contribution in [2.45, 2.75) is 26.4 Å². The minimum absolute atomic E-state index is 0.236. The van der Waals surface area contributed by atoms with Crippen molar-refractivity contribution in [3.63, 3.8) is 0 Å². The Labute approximate surface area is 101 Å². The molecule has 0 aliphatic carbocycles. The summed E-state index contributed by atoms with van der Waals surface area (Å²) in [6.45, 7) is 6.26.